The van der Waals surface area contributed by atoms with Crippen molar-refractivity contribution in [2.24, 2.45) is 5.92 Å². The van der Waals surface area contributed by atoms with Crippen LogP contribution in [0.25, 0.3) is 0 Å². The summed E-state index contributed by atoms with van der Waals surface area (Å²) < 4.78 is 0. The van der Waals surface area contributed by atoms with Gasteiger partial charge < -0.3 is 9.80 Å². The lowest BCUT2D eigenvalue weighted by Gasteiger charge is -2.35. The smallest absolute Gasteiger partial charge is 0.226 e. The number of likely N-dealkylation sites (tertiary alicyclic amines) is 1. The van der Waals surface area contributed by atoms with Gasteiger partial charge in [-0.15, -0.1) is 0 Å². The molecular weight excluding hydrogens is 320 g/mol. The highest BCUT2D eigenvalue weighted by Crippen LogP contribution is 2.22. The normalized spacial score (nSPS) is 17.8. The molecular formula is C23H30N2O. The van der Waals surface area contributed by atoms with E-state index in [1.807, 2.05) is 42.2 Å². The first-order valence-corrected chi connectivity index (χ1v) is 9.88. The van der Waals surface area contributed by atoms with E-state index in [0.29, 0.717) is 12.3 Å². The number of anilines is 1. The van der Waals surface area contributed by atoms with Crippen LogP contribution in [0.5, 0.6) is 0 Å². The number of piperidine rings is 1. The lowest BCUT2D eigenvalue weighted by atomic mass is 9.96. The molecule has 1 atom stereocenters. The standard InChI is InChI=1S/C23H30N2O/c1-2-23(26)25(22-13-7-4-8-14-22)19-21-12-9-16-24(18-21)17-15-20-10-5-3-6-11-20/h3-8,10-11,13-14,21H,2,9,12,15-19H2,1H3/t21-/m0/s1. The molecule has 1 aliphatic rings. The monoisotopic (exact) mass is 350 g/mol. The second-order valence-corrected chi connectivity index (χ2v) is 7.24. The maximum atomic E-state index is 12.5. The fourth-order valence-electron chi connectivity index (χ4n) is 3.84. The van der Waals surface area contributed by atoms with Crippen molar-refractivity contribution in [2.45, 2.75) is 32.6 Å². The van der Waals surface area contributed by atoms with Gasteiger partial charge in [0.25, 0.3) is 0 Å². The summed E-state index contributed by atoms with van der Waals surface area (Å²) in [5, 5.41) is 0. The Bertz CT molecular complexity index is 671. The van der Waals surface area contributed by atoms with Crippen LogP contribution in [0.3, 0.4) is 0 Å². The summed E-state index contributed by atoms with van der Waals surface area (Å²) in [7, 11) is 0. The SMILES string of the molecule is CCC(=O)N(C[C@H]1CCCN(CCc2ccccc2)C1)c1ccccc1. The average molecular weight is 351 g/mol. The Morgan fingerprint density at radius 3 is 2.46 bits per heavy atom. The molecule has 2 aromatic carbocycles. The molecule has 1 saturated heterocycles. The molecule has 3 rings (SSSR count). The number of carbonyl (C=O) groups is 1. The van der Waals surface area contributed by atoms with E-state index in [2.05, 4.69) is 35.2 Å². The van der Waals surface area contributed by atoms with Gasteiger partial charge in [0.15, 0.2) is 0 Å². The van der Waals surface area contributed by atoms with Crippen LogP contribution in [0.15, 0.2) is 60.7 Å². The number of nitrogens with zero attached hydrogens (tertiary/aromatic N) is 2. The van der Waals surface area contributed by atoms with Gasteiger partial charge >= 0.3 is 0 Å². The number of carbonyl (C=O) groups excluding carboxylic acids is 1. The van der Waals surface area contributed by atoms with Crippen molar-refractivity contribution < 1.29 is 4.79 Å². The van der Waals surface area contributed by atoms with Crippen molar-refractivity contribution in [1.29, 1.82) is 0 Å². The van der Waals surface area contributed by atoms with E-state index in [4.69, 9.17) is 0 Å². The summed E-state index contributed by atoms with van der Waals surface area (Å²) in [5.41, 5.74) is 2.43. The van der Waals surface area contributed by atoms with Gasteiger partial charge in [-0.3, -0.25) is 4.79 Å². The molecule has 138 valence electrons. The summed E-state index contributed by atoms with van der Waals surface area (Å²) in [6, 6.07) is 20.8. The Morgan fingerprint density at radius 1 is 1.08 bits per heavy atom. The number of hydrogen-bond acceptors (Lipinski definition) is 2. The van der Waals surface area contributed by atoms with E-state index in [1.54, 1.807) is 0 Å². The van der Waals surface area contributed by atoms with Gasteiger partial charge in [0.1, 0.15) is 0 Å². The lowest BCUT2D eigenvalue weighted by Crippen LogP contribution is -2.43. The molecule has 2 aromatic rings. The van der Waals surface area contributed by atoms with Gasteiger partial charge in [0.2, 0.25) is 5.91 Å². The molecule has 0 spiro atoms. The van der Waals surface area contributed by atoms with Crippen molar-refractivity contribution >= 4 is 11.6 Å². The van der Waals surface area contributed by atoms with Crippen LogP contribution in [0, 0.1) is 5.92 Å². The third-order valence-electron chi connectivity index (χ3n) is 5.27. The minimum Gasteiger partial charge on any atom is -0.312 e. The predicted octanol–water partition coefficient (Wildman–Crippen LogP) is 4.38. The molecule has 1 heterocycles. The zero-order valence-corrected chi connectivity index (χ0v) is 15.8. The van der Waals surface area contributed by atoms with Crippen molar-refractivity contribution in [3.63, 3.8) is 0 Å². The van der Waals surface area contributed by atoms with Gasteiger partial charge in [-0.1, -0.05) is 55.5 Å². The third-order valence-corrected chi connectivity index (χ3v) is 5.27. The van der Waals surface area contributed by atoms with E-state index in [-0.39, 0.29) is 5.91 Å². The van der Waals surface area contributed by atoms with E-state index >= 15 is 0 Å². The first kappa shape index (κ1) is 18.7. The molecule has 1 fully saturated rings. The minimum atomic E-state index is 0.220. The first-order chi connectivity index (χ1) is 12.8. The van der Waals surface area contributed by atoms with Crippen LogP contribution >= 0.6 is 0 Å². The van der Waals surface area contributed by atoms with Gasteiger partial charge in [-0.25, -0.2) is 0 Å². The first-order valence-electron chi connectivity index (χ1n) is 9.88. The molecule has 26 heavy (non-hydrogen) atoms. The fourth-order valence-corrected chi connectivity index (χ4v) is 3.84. The Morgan fingerprint density at radius 2 is 1.77 bits per heavy atom. The number of amides is 1. The van der Waals surface area contributed by atoms with Gasteiger partial charge in [-0.2, -0.15) is 0 Å². The topological polar surface area (TPSA) is 23.6 Å². The highest BCUT2D eigenvalue weighted by atomic mass is 16.2. The quantitative estimate of drug-likeness (QED) is 0.740. The van der Waals surface area contributed by atoms with E-state index in [9.17, 15) is 4.79 Å². The number of hydrogen-bond donors (Lipinski definition) is 0. The second kappa shape index (κ2) is 9.54. The van der Waals surface area contributed by atoms with Crippen LogP contribution in [0.4, 0.5) is 5.69 Å². The van der Waals surface area contributed by atoms with E-state index in [1.165, 1.54) is 24.9 Å². The molecule has 3 nitrogen and oxygen atoms in total. The Hall–Kier alpha value is -2.13. The van der Waals surface area contributed by atoms with Crippen LogP contribution in [0.1, 0.15) is 31.7 Å². The number of rotatable bonds is 7. The molecule has 0 bridgehead atoms. The van der Waals surface area contributed by atoms with Gasteiger partial charge in [0, 0.05) is 31.7 Å². The number of benzene rings is 2. The molecule has 0 aromatic heterocycles. The average Bonchev–Trinajstić information content (AvgIpc) is 2.72. The second-order valence-electron chi connectivity index (χ2n) is 7.24. The van der Waals surface area contributed by atoms with Crippen LogP contribution < -0.4 is 4.90 Å². The molecule has 1 aliphatic heterocycles. The van der Waals surface area contributed by atoms with E-state index in [0.717, 1.165) is 31.7 Å². The summed E-state index contributed by atoms with van der Waals surface area (Å²) >= 11 is 0. The zero-order valence-electron chi connectivity index (χ0n) is 15.8. The largest absolute Gasteiger partial charge is 0.312 e. The summed E-state index contributed by atoms with van der Waals surface area (Å²) in [4.78, 5) is 17.1. The molecule has 0 saturated carbocycles. The van der Waals surface area contributed by atoms with Crippen molar-refractivity contribution in [3.05, 3.63) is 66.2 Å². The summed E-state index contributed by atoms with van der Waals surface area (Å²) in [5.74, 6) is 0.771. The molecule has 0 N–H and O–H groups in total. The van der Waals surface area contributed by atoms with Gasteiger partial charge in [-0.05, 0) is 49.4 Å². The highest BCUT2D eigenvalue weighted by Gasteiger charge is 2.24. The molecule has 0 unspecified atom stereocenters. The van der Waals surface area contributed by atoms with Gasteiger partial charge in [0.05, 0.1) is 0 Å². The molecule has 0 aliphatic carbocycles. The van der Waals surface area contributed by atoms with E-state index < -0.39 is 0 Å². The van der Waals surface area contributed by atoms with Crippen molar-refractivity contribution in [3.8, 4) is 0 Å². The van der Waals surface area contributed by atoms with Crippen LogP contribution in [0.2, 0.25) is 0 Å². The summed E-state index contributed by atoms with van der Waals surface area (Å²) in [6.45, 7) is 6.15. The molecule has 1 amide bonds. The molecule has 3 heteroatoms. The Labute approximate surface area is 157 Å². The Balaban J connectivity index is 1.58. The zero-order chi connectivity index (χ0) is 18.2. The number of para-hydroxylation sites is 1. The maximum absolute atomic E-state index is 12.5. The van der Waals surface area contributed by atoms with Crippen molar-refractivity contribution in [1.82, 2.24) is 4.90 Å². The van der Waals surface area contributed by atoms with Crippen molar-refractivity contribution in [2.75, 3.05) is 31.1 Å². The molecule has 0 radical (unpaired) electrons. The summed E-state index contributed by atoms with van der Waals surface area (Å²) in [6.07, 6.45) is 4.09. The third kappa shape index (κ3) is 5.18. The maximum Gasteiger partial charge on any atom is 0.226 e. The predicted molar refractivity (Wildman–Crippen MR) is 108 cm³/mol. The fraction of sp³-hybridized carbons (Fsp3) is 0.435. The van der Waals surface area contributed by atoms with Crippen LogP contribution in [-0.4, -0.2) is 37.0 Å². The highest BCUT2D eigenvalue weighted by molar-refractivity contribution is 5.93. The minimum absolute atomic E-state index is 0.220. The van der Waals surface area contributed by atoms with Crippen LogP contribution in [-0.2, 0) is 11.2 Å². The lowest BCUT2D eigenvalue weighted by molar-refractivity contribution is -0.118. The Kier molecular flexibility index (Phi) is 6.84.